The summed E-state index contributed by atoms with van der Waals surface area (Å²) in [5.74, 6) is 3.79. The maximum absolute atomic E-state index is 9.66. The third-order valence-electron chi connectivity index (χ3n) is 6.35. The Morgan fingerprint density at radius 3 is 2.85 bits per heavy atom. The van der Waals surface area contributed by atoms with Gasteiger partial charge in [0, 0.05) is 29.7 Å². The minimum atomic E-state index is 0.00249. The predicted octanol–water partition coefficient (Wildman–Crippen LogP) is 4.39. The zero-order valence-corrected chi connectivity index (χ0v) is 15.8. The Labute approximate surface area is 161 Å². The van der Waals surface area contributed by atoms with E-state index < -0.39 is 0 Å². The van der Waals surface area contributed by atoms with E-state index in [1.54, 1.807) is 0 Å². The standard InChI is InChI=1S/C23H27N3O/c1-2-13-27-22-14-17-7-3-4-8-18(17)15-26(16-24)12-11-20-19-9-5-6-10-21(19)25-23(20)22/h1,5-6,9-10,17-18,22,25H,3-4,7-8,11-15H2. The first-order valence-corrected chi connectivity index (χ1v) is 10.1. The number of benzene rings is 1. The number of rotatable bonds is 2. The van der Waals surface area contributed by atoms with Crippen LogP contribution in [0.2, 0.25) is 0 Å². The molecule has 2 aliphatic rings. The van der Waals surface area contributed by atoms with Gasteiger partial charge in [0.25, 0.3) is 0 Å². The average molecular weight is 361 g/mol. The number of H-pyrrole nitrogens is 1. The SMILES string of the molecule is C#CCOC1CC2CCCCC2CN(C#N)CCc2c1[nH]c1ccccc21. The predicted molar refractivity (Wildman–Crippen MR) is 107 cm³/mol. The molecule has 0 radical (unpaired) electrons. The van der Waals surface area contributed by atoms with Crippen LogP contribution < -0.4 is 0 Å². The summed E-state index contributed by atoms with van der Waals surface area (Å²) in [4.78, 5) is 5.59. The highest BCUT2D eigenvalue weighted by molar-refractivity contribution is 5.84. The molecule has 2 heterocycles. The van der Waals surface area contributed by atoms with Gasteiger partial charge in [-0.2, -0.15) is 5.26 Å². The quantitative estimate of drug-likeness (QED) is 0.637. The number of nitriles is 1. The molecule has 1 aromatic heterocycles. The van der Waals surface area contributed by atoms with Crippen LogP contribution >= 0.6 is 0 Å². The Morgan fingerprint density at radius 1 is 1.22 bits per heavy atom. The Balaban J connectivity index is 1.76. The molecule has 2 aromatic rings. The van der Waals surface area contributed by atoms with Gasteiger partial charge in [-0.25, -0.2) is 0 Å². The molecule has 4 nitrogen and oxygen atoms in total. The van der Waals surface area contributed by atoms with Gasteiger partial charge in [0.15, 0.2) is 6.19 Å². The Bertz CT molecular complexity index is 872. The number of aromatic amines is 1. The zero-order valence-electron chi connectivity index (χ0n) is 15.8. The van der Waals surface area contributed by atoms with Gasteiger partial charge in [-0.1, -0.05) is 43.4 Å². The van der Waals surface area contributed by atoms with Crippen LogP contribution in [-0.4, -0.2) is 29.6 Å². The second kappa shape index (κ2) is 8.07. The van der Waals surface area contributed by atoms with Crippen molar-refractivity contribution >= 4 is 10.9 Å². The molecule has 4 heteroatoms. The lowest BCUT2D eigenvalue weighted by atomic mass is 9.75. The molecule has 1 N–H and O–H groups in total. The first-order chi connectivity index (χ1) is 13.3. The van der Waals surface area contributed by atoms with E-state index in [1.807, 2.05) is 4.90 Å². The molecule has 0 bridgehead atoms. The molecule has 0 amide bonds. The van der Waals surface area contributed by atoms with Crippen LogP contribution in [-0.2, 0) is 11.2 Å². The molecule has 27 heavy (non-hydrogen) atoms. The maximum Gasteiger partial charge on any atom is 0.179 e. The molecular weight excluding hydrogens is 334 g/mol. The summed E-state index contributed by atoms with van der Waals surface area (Å²) in [7, 11) is 0. The first kappa shape index (κ1) is 18.0. The molecular formula is C23H27N3O. The van der Waals surface area contributed by atoms with Gasteiger partial charge in [-0.05, 0) is 42.7 Å². The topological polar surface area (TPSA) is 52.0 Å². The highest BCUT2D eigenvalue weighted by Crippen LogP contribution is 2.40. The third-order valence-corrected chi connectivity index (χ3v) is 6.35. The van der Waals surface area contributed by atoms with E-state index >= 15 is 0 Å². The molecule has 1 aliphatic heterocycles. The van der Waals surface area contributed by atoms with E-state index in [2.05, 4.69) is 41.4 Å². The van der Waals surface area contributed by atoms with Crippen LogP contribution in [0.4, 0.5) is 0 Å². The molecule has 4 rings (SSSR count). The summed E-state index contributed by atoms with van der Waals surface area (Å²) in [6.07, 6.45) is 14.7. The van der Waals surface area contributed by atoms with Gasteiger partial charge in [0.05, 0.1) is 6.10 Å². The van der Waals surface area contributed by atoms with Crippen LogP contribution in [0.3, 0.4) is 0 Å². The summed E-state index contributed by atoms with van der Waals surface area (Å²) in [6, 6.07) is 8.41. The lowest BCUT2D eigenvalue weighted by Gasteiger charge is -2.36. The van der Waals surface area contributed by atoms with Gasteiger partial charge >= 0.3 is 0 Å². The van der Waals surface area contributed by atoms with Crippen molar-refractivity contribution in [2.24, 2.45) is 11.8 Å². The minimum Gasteiger partial charge on any atom is -0.359 e. The summed E-state index contributed by atoms with van der Waals surface area (Å²) >= 11 is 0. The number of nitrogens with zero attached hydrogens (tertiary/aromatic N) is 2. The van der Waals surface area contributed by atoms with E-state index in [0.717, 1.165) is 37.1 Å². The van der Waals surface area contributed by atoms with E-state index in [0.29, 0.717) is 18.4 Å². The van der Waals surface area contributed by atoms with Crippen LogP contribution in [0.5, 0.6) is 0 Å². The van der Waals surface area contributed by atoms with Crippen LogP contribution in [0.25, 0.3) is 10.9 Å². The number of para-hydroxylation sites is 1. The van der Waals surface area contributed by atoms with Crippen molar-refractivity contribution < 1.29 is 4.74 Å². The van der Waals surface area contributed by atoms with Crippen molar-refractivity contribution in [1.82, 2.24) is 9.88 Å². The molecule has 3 unspecified atom stereocenters. The Kier molecular flexibility index (Phi) is 5.37. The smallest absolute Gasteiger partial charge is 0.179 e. The Hall–Kier alpha value is -2.43. The number of terminal acetylenes is 1. The summed E-state index contributed by atoms with van der Waals surface area (Å²) in [6.45, 7) is 1.97. The monoisotopic (exact) mass is 361 g/mol. The highest BCUT2D eigenvalue weighted by Gasteiger charge is 2.32. The second-order valence-corrected chi connectivity index (χ2v) is 7.90. The normalized spacial score (nSPS) is 25.9. The molecule has 0 spiro atoms. The number of nitrogens with one attached hydrogen (secondary N) is 1. The maximum atomic E-state index is 9.66. The molecule has 3 atom stereocenters. The molecule has 1 fully saturated rings. The Morgan fingerprint density at radius 2 is 2.04 bits per heavy atom. The van der Waals surface area contributed by atoms with E-state index in [1.165, 1.54) is 36.6 Å². The van der Waals surface area contributed by atoms with E-state index in [9.17, 15) is 5.26 Å². The zero-order chi connectivity index (χ0) is 18.6. The van der Waals surface area contributed by atoms with Crippen LogP contribution in [0.1, 0.15) is 49.5 Å². The molecule has 1 saturated carbocycles. The highest BCUT2D eigenvalue weighted by atomic mass is 16.5. The first-order valence-electron chi connectivity index (χ1n) is 10.1. The van der Waals surface area contributed by atoms with Gasteiger partial charge in [0.2, 0.25) is 0 Å². The summed E-state index contributed by atoms with van der Waals surface area (Å²) in [5, 5.41) is 10.9. The van der Waals surface area contributed by atoms with E-state index in [4.69, 9.17) is 11.2 Å². The fraction of sp³-hybridized carbons (Fsp3) is 0.522. The molecule has 140 valence electrons. The summed E-state index contributed by atoms with van der Waals surface area (Å²) in [5.41, 5.74) is 3.58. The number of fused-ring (bicyclic) bond motifs is 4. The van der Waals surface area contributed by atoms with Crippen molar-refractivity contribution in [2.75, 3.05) is 19.7 Å². The van der Waals surface area contributed by atoms with Crippen molar-refractivity contribution in [3.05, 3.63) is 35.5 Å². The van der Waals surface area contributed by atoms with Crippen molar-refractivity contribution in [2.45, 2.75) is 44.6 Å². The average Bonchev–Trinajstić information content (AvgIpc) is 3.08. The van der Waals surface area contributed by atoms with Crippen molar-refractivity contribution in [3.8, 4) is 18.5 Å². The van der Waals surface area contributed by atoms with Gasteiger partial charge < -0.3 is 14.6 Å². The fourth-order valence-electron chi connectivity index (χ4n) is 5.01. The number of ether oxygens (including phenoxy) is 1. The van der Waals surface area contributed by atoms with Crippen molar-refractivity contribution in [1.29, 1.82) is 5.26 Å². The van der Waals surface area contributed by atoms with Crippen molar-refractivity contribution in [3.63, 3.8) is 0 Å². The van der Waals surface area contributed by atoms with Gasteiger partial charge in [0.1, 0.15) is 6.61 Å². The number of hydrogen-bond donors (Lipinski definition) is 1. The second-order valence-electron chi connectivity index (χ2n) is 7.90. The van der Waals surface area contributed by atoms with Gasteiger partial charge in [-0.15, -0.1) is 6.42 Å². The molecule has 1 aliphatic carbocycles. The number of aromatic nitrogens is 1. The van der Waals surface area contributed by atoms with Gasteiger partial charge in [-0.3, -0.25) is 0 Å². The van der Waals surface area contributed by atoms with Crippen LogP contribution in [0.15, 0.2) is 24.3 Å². The molecule has 1 aromatic carbocycles. The molecule has 0 saturated heterocycles. The largest absolute Gasteiger partial charge is 0.359 e. The lowest BCUT2D eigenvalue weighted by Crippen LogP contribution is -2.35. The lowest BCUT2D eigenvalue weighted by molar-refractivity contribution is 0.0327. The third kappa shape index (κ3) is 3.68. The number of hydrogen-bond acceptors (Lipinski definition) is 3. The minimum absolute atomic E-state index is 0.00249. The summed E-state index contributed by atoms with van der Waals surface area (Å²) < 4.78 is 6.18. The van der Waals surface area contributed by atoms with E-state index in [-0.39, 0.29) is 6.10 Å². The fourth-order valence-corrected chi connectivity index (χ4v) is 5.01. The van der Waals surface area contributed by atoms with Crippen LogP contribution in [0, 0.1) is 35.6 Å².